The van der Waals surface area contributed by atoms with Crippen molar-refractivity contribution in [1.29, 1.82) is 0 Å². The Morgan fingerprint density at radius 2 is 1.64 bits per heavy atom. The van der Waals surface area contributed by atoms with Gasteiger partial charge in [0.05, 0.1) is 6.10 Å². The summed E-state index contributed by atoms with van der Waals surface area (Å²) in [4.78, 5) is 9.88. The zero-order valence-corrected chi connectivity index (χ0v) is 9.55. The Morgan fingerprint density at radius 1 is 1.07 bits per heavy atom. The molecule has 2 heteroatoms. The average molecular weight is 199 g/mol. The lowest BCUT2D eigenvalue weighted by molar-refractivity contribution is 0.181. The van der Waals surface area contributed by atoms with Gasteiger partial charge in [-0.05, 0) is 19.8 Å². The van der Waals surface area contributed by atoms with Crippen LogP contribution < -0.4 is 0 Å². The molecule has 0 rings (SSSR count). The number of carbonyl (C=O) groups excluding carboxylic acids is 1. The topological polar surface area (TPSA) is 26.3 Å². The summed E-state index contributed by atoms with van der Waals surface area (Å²) in [5, 5.41) is 0. The van der Waals surface area contributed by atoms with E-state index in [0.29, 0.717) is 0 Å². The Balaban J connectivity index is 3.01. The van der Waals surface area contributed by atoms with Crippen LogP contribution in [0.15, 0.2) is 0 Å². The molecule has 0 N–H and O–H groups in total. The van der Waals surface area contributed by atoms with Crippen LogP contribution in [0, 0.1) is 0 Å². The number of hydrogen-bond acceptors (Lipinski definition) is 2. The second kappa shape index (κ2) is 10.6. The molecule has 0 amide bonds. The molecule has 0 aliphatic heterocycles. The lowest BCUT2D eigenvalue weighted by atomic mass is 10.1. The molecule has 0 aliphatic carbocycles. The first kappa shape index (κ1) is 13.5. The van der Waals surface area contributed by atoms with Crippen molar-refractivity contribution in [2.45, 2.75) is 71.3 Å². The van der Waals surface area contributed by atoms with Crippen LogP contribution >= 0.6 is 0 Å². The van der Waals surface area contributed by atoms with Gasteiger partial charge in [-0.15, -0.1) is 0 Å². The quantitative estimate of drug-likeness (QED) is 0.502. The van der Waals surface area contributed by atoms with Crippen LogP contribution in [-0.2, 0) is 9.53 Å². The van der Waals surface area contributed by atoms with Gasteiger partial charge in [-0.2, -0.15) is 0 Å². The summed E-state index contributed by atoms with van der Waals surface area (Å²) in [6, 6.07) is 0. The summed E-state index contributed by atoms with van der Waals surface area (Å²) in [6.45, 7) is 5.64. The van der Waals surface area contributed by atoms with Gasteiger partial charge in [0, 0.05) is 0 Å². The minimum absolute atomic E-state index is 0.0446. The van der Waals surface area contributed by atoms with Gasteiger partial charge in [-0.3, -0.25) is 0 Å². The minimum Gasteiger partial charge on any atom is -0.454 e. The Morgan fingerprint density at radius 3 is 2.21 bits per heavy atom. The summed E-state index contributed by atoms with van der Waals surface area (Å²) >= 11 is 0. The highest BCUT2D eigenvalue weighted by molar-refractivity contribution is 5.38. The number of ether oxygens (including phenoxy) is 1. The van der Waals surface area contributed by atoms with Crippen molar-refractivity contribution in [3.63, 3.8) is 0 Å². The molecule has 0 saturated heterocycles. The molecular formula is C12H23O2. The van der Waals surface area contributed by atoms with Crippen molar-refractivity contribution in [2.24, 2.45) is 0 Å². The van der Waals surface area contributed by atoms with Gasteiger partial charge in [-0.25, -0.2) is 4.79 Å². The maximum atomic E-state index is 9.88. The van der Waals surface area contributed by atoms with Crippen molar-refractivity contribution in [1.82, 2.24) is 0 Å². The van der Waals surface area contributed by atoms with E-state index >= 15 is 0 Å². The second-order valence-electron chi connectivity index (χ2n) is 3.92. The fraction of sp³-hybridized carbons (Fsp3) is 0.917. The van der Waals surface area contributed by atoms with Crippen molar-refractivity contribution in [2.75, 3.05) is 0 Å². The first-order valence-electron chi connectivity index (χ1n) is 5.84. The normalized spacial score (nSPS) is 12.4. The minimum atomic E-state index is 0.0446. The van der Waals surface area contributed by atoms with E-state index in [4.69, 9.17) is 0 Å². The van der Waals surface area contributed by atoms with Crippen molar-refractivity contribution in [3.05, 3.63) is 0 Å². The smallest absolute Gasteiger partial charge is 0.417 e. The number of unbranched alkanes of at least 4 members (excludes halogenated alkanes) is 6. The molecule has 0 heterocycles. The molecular weight excluding hydrogens is 176 g/mol. The summed E-state index contributed by atoms with van der Waals surface area (Å²) in [5.74, 6) is 0. The molecule has 1 atom stereocenters. The Labute approximate surface area is 88.0 Å². The van der Waals surface area contributed by atoms with Gasteiger partial charge >= 0.3 is 6.47 Å². The summed E-state index contributed by atoms with van der Waals surface area (Å²) in [7, 11) is 0. The van der Waals surface area contributed by atoms with E-state index in [9.17, 15) is 4.79 Å². The fourth-order valence-corrected chi connectivity index (χ4v) is 1.53. The van der Waals surface area contributed by atoms with Gasteiger partial charge in [0.2, 0.25) is 0 Å². The Bertz CT molecular complexity index is 123. The van der Waals surface area contributed by atoms with Crippen LogP contribution in [0.1, 0.15) is 65.2 Å². The second-order valence-corrected chi connectivity index (χ2v) is 3.92. The molecule has 0 aromatic carbocycles. The molecule has 14 heavy (non-hydrogen) atoms. The van der Waals surface area contributed by atoms with Gasteiger partial charge in [0.15, 0.2) is 0 Å². The highest BCUT2D eigenvalue weighted by Crippen LogP contribution is 2.10. The molecule has 83 valence electrons. The Kier molecular flexibility index (Phi) is 10.2. The molecule has 0 fully saturated rings. The highest BCUT2D eigenvalue weighted by atomic mass is 16.5. The van der Waals surface area contributed by atoms with Crippen LogP contribution in [0.3, 0.4) is 0 Å². The van der Waals surface area contributed by atoms with Gasteiger partial charge < -0.3 is 4.74 Å². The predicted molar refractivity (Wildman–Crippen MR) is 58.9 cm³/mol. The van der Waals surface area contributed by atoms with Crippen LogP contribution in [0.4, 0.5) is 0 Å². The number of rotatable bonds is 10. The largest absolute Gasteiger partial charge is 0.454 e. The molecule has 0 aliphatic rings. The third-order valence-corrected chi connectivity index (χ3v) is 2.46. The number of hydrogen-bond donors (Lipinski definition) is 0. The van der Waals surface area contributed by atoms with Crippen molar-refractivity contribution < 1.29 is 9.53 Å². The zero-order chi connectivity index (χ0) is 10.6. The Hall–Kier alpha value is -0.530. The van der Waals surface area contributed by atoms with Crippen LogP contribution in [-0.4, -0.2) is 12.6 Å². The standard InChI is InChI=1S/C12H23O2/c1-3-4-5-6-7-8-9-10-12(2)14-11-13/h12H,3-10H2,1-2H3. The van der Waals surface area contributed by atoms with Crippen LogP contribution in [0.2, 0.25) is 0 Å². The molecule has 0 aromatic heterocycles. The third kappa shape index (κ3) is 9.56. The summed E-state index contributed by atoms with van der Waals surface area (Å²) in [6.07, 6.45) is 10.1. The molecule has 1 unspecified atom stereocenters. The van der Waals surface area contributed by atoms with Gasteiger partial charge in [-0.1, -0.05) is 45.4 Å². The summed E-state index contributed by atoms with van der Waals surface area (Å²) in [5.41, 5.74) is 0. The van der Waals surface area contributed by atoms with E-state index in [1.165, 1.54) is 45.0 Å². The van der Waals surface area contributed by atoms with E-state index in [1.807, 2.05) is 6.92 Å². The predicted octanol–water partition coefficient (Wildman–Crippen LogP) is 3.60. The highest BCUT2D eigenvalue weighted by Gasteiger charge is 2.00. The van der Waals surface area contributed by atoms with E-state index in [2.05, 4.69) is 11.7 Å². The van der Waals surface area contributed by atoms with Gasteiger partial charge in [0.1, 0.15) is 0 Å². The molecule has 0 bridgehead atoms. The van der Waals surface area contributed by atoms with Gasteiger partial charge in [0.25, 0.3) is 0 Å². The van der Waals surface area contributed by atoms with E-state index in [1.54, 1.807) is 0 Å². The van der Waals surface area contributed by atoms with E-state index < -0.39 is 0 Å². The molecule has 0 spiro atoms. The lowest BCUT2D eigenvalue weighted by Crippen LogP contribution is -2.05. The molecule has 1 radical (unpaired) electrons. The summed E-state index contributed by atoms with van der Waals surface area (Å²) < 4.78 is 4.68. The first-order chi connectivity index (χ1) is 6.81. The maximum absolute atomic E-state index is 9.88. The van der Waals surface area contributed by atoms with Crippen LogP contribution in [0.5, 0.6) is 0 Å². The third-order valence-electron chi connectivity index (χ3n) is 2.46. The monoisotopic (exact) mass is 199 g/mol. The molecule has 0 aromatic rings. The molecule has 0 saturated carbocycles. The SMILES string of the molecule is CCCCCCCCCC(C)O[C]=O. The average Bonchev–Trinajstić information content (AvgIpc) is 2.17. The van der Waals surface area contributed by atoms with E-state index in [-0.39, 0.29) is 6.10 Å². The maximum Gasteiger partial charge on any atom is 0.417 e. The zero-order valence-electron chi connectivity index (χ0n) is 9.55. The lowest BCUT2D eigenvalue weighted by Gasteiger charge is -2.07. The van der Waals surface area contributed by atoms with Crippen molar-refractivity contribution in [3.8, 4) is 0 Å². The first-order valence-corrected chi connectivity index (χ1v) is 5.84. The van der Waals surface area contributed by atoms with Crippen molar-refractivity contribution >= 4 is 6.47 Å². The van der Waals surface area contributed by atoms with E-state index in [0.717, 1.165) is 12.8 Å². The van der Waals surface area contributed by atoms with Crippen LogP contribution in [0.25, 0.3) is 0 Å². The molecule has 2 nitrogen and oxygen atoms in total. The fourth-order valence-electron chi connectivity index (χ4n) is 1.53.